The Labute approximate surface area is 115 Å². The van der Waals surface area contributed by atoms with E-state index in [-0.39, 0.29) is 11.5 Å². The van der Waals surface area contributed by atoms with Gasteiger partial charge in [0, 0.05) is 17.7 Å². The van der Waals surface area contributed by atoms with Gasteiger partial charge in [-0.2, -0.15) is 0 Å². The number of rotatable bonds is 4. The quantitative estimate of drug-likeness (QED) is 0.400. The van der Waals surface area contributed by atoms with E-state index in [1.165, 1.54) is 12.1 Å². The van der Waals surface area contributed by atoms with Crippen LogP contribution in [0, 0.1) is 10.1 Å². The first-order valence-corrected chi connectivity index (χ1v) is 5.83. The molecule has 0 spiro atoms. The van der Waals surface area contributed by atoms with Crippen molar-refractivity contribution in [1.29, 1.82) is 0 Å². The summed E-state index contributed by atoms with van der Waals surface area (Å²) in [7, 11) is 1.58. The summed E-state index contributed by atoms with van der Waals surface area (Å²) >= 11 is 0. The lowest BCUT2D eigenvalue weighted by atomic mass is 10.2. The van der Waals surface area contributed by atoms with Gasteiger partial charge in [0.05, 0.1) is 17.7 Å². The minimum absolute atomic E-state index is 0.0182. The maximum absolute atomic E-state index is 10.7. The van der Waals surface area contributed by atoms with E-state index in [4.69, 9.17) is 10.5 Å². The molecule has 0 aliphatic rings. The highest BCUT2D eigenvalue weighted by atomic mass is 16.6. The maximum Gasteiger partial charge on any atom is 0.270 e. The molecule has 2 rings (SSSR count). The van der Waals surface area contributed by atoms with Crippen molar-refractivity contribution in [3.05, 3.63) is 64.2 Å². The molecule has 0 heterocycles. The Morgan fingerprint density at radius 1 is 1.25 bits per heavy atom. The second kappa shape index (κ2) is 5.83. The molecule has 0 saturated carbocycles. The zero-order valence-corrected chi connectivity index (χ0v) is 10.8. The third kappa shape index (κ3) is 3.11. The molecule has 0 radical (unpaired) electrons. The molecule has 6 nitrogen and oxygen atoms in total. The molecule has 2 aromatic rings. The molecule has 0 unspecified atom stereocenters. The van der Waals surface area contributed by atoms with Gasteiger partial charge in [-0.15, -0.1) is 0 Å². The van der Waals surface area contributed by atoms with Crippen LogP contribution in [0.25, 0.3) is 0 Å². The minimum atomic E-state index is -0.468. The van der Waals surface area contributed by atoms with Crippen LogP contribution < -0.4 is 10.5 Å². The van der Waals surface area contributed by atoms with E-state index in [1.54, 1.807) is 43.5 Å². The Bertz CT molecular complexity index is 651. The number of nitro groups is 1. The van der Waals surface area contributed by atoms with Crippen LogP contribution in [-0.2, 0) is 0 Å². The summed E-state index contributed by atoms with van der Waals surface area (Å²) in [5, 5.41) is 10.7. The Morgan fingerprint density at radius 2 is 1.95 bits per heavy atom. The smallest absolute Gasteiger partial charge is 0.270 e. The Morgan fingerprint density at radius 3 is 2.55 bits per heavy atom. The van der Waals surface area contributed by atoms with Gasteiger partial charge >= 0.3 is 0 Å². The molecule has 102 valence electrons. The number of hydrogen-bond acceptors (Lipinski definition) is 4. The van der Waals surface area contributed by atoms with Crippen LogP contribution in [-0.4, -0.2) is 17.9 Å². The Balaban J connectivity index is 2.29. The van der Waals surface area contributed by atoms with Crippen LogP contribution >= 0.6 is 0 Å². The summed E-state index contributed by atoms with van der Waals surface area (Å²) in [6, 6.07) is 13.1. The molecule has 0 amide bonds. The summed E-state index contributed by atoms with van der Waals surface area (Å²) in [6.45, 7) is 0. The van der Waals surface area contributed by atoms with Crippen molar-refractivity contribution in [1.82, 2.24) is 0 Å². The van der Waals surface area contributed by atoms with Gasteiger partial charge in [0.15, 0.2) is 0 Å². The molecule has 0 aliphatic carbocycles. The molecule has 0 bridgehead atoms. The molecule has 0 aliphatic heterocycles. The van der Waals surface area contributed by atoms with Crippen LogP contribution in [0.2, 0.25) is 0 Å². The van der Waals surface area contributed by atoms with Gasteiger partial charge in [-0.1, -0.05) is 12.1 Å². The highest BCUT2D eigenvalue weighted by Crippen LogP contribution is 2.19. The first-order chi connectivity index (χ1) is 9.60. The van der Waals surface area contributed by atoms with Crippen LogP contribution in [0.5, 0.6) is 5.75 Å². The van der Waals surface area contributed by atoms with Gasteiger partial charge in [0.1, 0.15) is 11.6 Å². The van der Waals surface area contributed by atoms with E-state index < -0.39 is 4.92 Å². The normalized spacial score (nSPS) is 11.2. The molecule has 0 fully saturated rings. The molecule has 0 saturated heterocycles. The number of nitro benzene ring substituents is 1. The van der Waals surface area contributed by atoms with E-state index in [1.807, 2.05) is 0 Å². The lowest BCUT2D eigenvalue weighted by Gasteiger charge is -2.02. The molecule has 0 aromatic heterocycles. The van der Waals surface area contributed by atoms with Crippen molar-refractivity contribution in [3.63, 3.8) is 0 Å². The number of nitrogens with two attached hydrogens (primary N) is 1. The fourth-order valence-corrected chi connectivity index (χ4v) is 1.64. The number of non-ortho nitro benzene ring substituents is 1. The zero-order chi connectivity index (χ0) is 14.5. The van der Waals surface area contributed by atoms with E-state index >= 15 is 0 Å². The first kappa shape index (κ1) is 13.5. The number of methoxy groups -OCH3 is 1. The Kier molecular flexibility index (Phi) is 3.95. The highest BCUT2D eigenvalue weighted by Gasteiger charge is 2.07. The average molecular weight is 271 g/mol. The van der Waals surface area contributed by atoms with Crippen LogP contribution in [0.15, 0.2) is 53.5 Å². The standard InChI is InChI=1S/C14H13N3O3/c1-20-13-7-5-11(6-8-13)16-14(15)10-3-2-4-12(9-10)17(18)19/h2-9H,1H3,(H2,15,16). The van der Waals surface area contributed by atoms with Crippen molar-refractivity contribution in [3.8, 4) is 5.75 Å². The second-order valence-corrected chi connectivity index (χ2v) is 4.00. The summed E-state index contributed by atoms with van der Waals surface area (Å²) in [5.41, 5.74) is 7.00. The summed E-state index contributed by atoms with van der Waals surface area (Å²) in [5.74, 6) is 0.941. The maximum atomic E-state index is 10.7. The van der Waals surface area contributed by atoms with Gasteiger partial charge in [0.2, 0.25) is 0 Å². The summed E-state index contributed by atoms with van der Waals surface area (Å²) in [6.07, 6.45) is 0. The van der Waals surface area contributed by atoms with Crippen LogP contribution in [0.4, 0.5) is 11.4 Å². The largest absolute Gasteiger partial charge is 0.497 e. The van der Waals surface area contributed by atoms with Gasteiger partial charge in [-0.05, 0) is 24.3 Å². The third-order valence-corrected chi connectivity index (χ3v) is 2.67. The van der Waals surface area contributed by atoms with E-state index in [0.717, 1.165) is 5.75 Å². The number of amidine groups is 1. The molecular weight excluding hydrogens is 258 g/mol. The fraction of sp³-hybridized carbons (Fsp3) is 0.0714. The molecule has 0 atom stereocenters. The third-order valence-electron chi connectivity index (χ3n) is 2.67. The molecule has 2 aromatic carbocycles. The average Bonchev–Trinajstić information content (AvgIpc) is 2.48. The first-order valence-electron chi connectivity index (χ1n) is 5.83. The lowest BCUT2D eigenvalue weighted by molar-refractivity contribution is -0.384. The number of hydrogen-bond donors (Lipinski definition) is 1. The summed E-state index contributed by atoms with van der Waals surface area (Å²) < 4.78 is 5.05. The van der Waals surface area contributed by atoms with Crippen LogP contribution in [0.1, 0.15) is 5.56 Å². The SMILES string of the molecule is COc1ccc(N=C(N)c2cccc([N+](=O)[O-])c2)cc1. The second-order valence-electron chi connectivity index (χ2n) is 4.00. The zero-order valence-electron chi connectivity index (χ0n) is 10.8. The highest BCUT2D eigenvalue weighted by molar-refractivity contribution is 5.99. The van der Waals surface area contributed by atoms with Gasteiger partial charge in [-0.3, -0.25) is 10.1 Å². The monoisotopic (exact) mass is 271 g/mol. The van der Waals surface area contributed by atoms with Gasteiger partial charge in [-0.25, -0.2) is 4.99 Å². The van der Waals surface area contributed by atoms with Crippen molar-refractivity contribution < 1.29 is 9.66 Å². The van der Waals surface area contributed by atoms with Crippen molar-refractivity contribution in [2.75, 3.05) is 7.11 Å². The molecule has 20 heavy (non-hydrogen) atoms. The number of aliphatic imine (C=N–C) groups is 1. The van der Waals surface area contributed by atoms with Gasteiger partial charge < -0.3 is 10.5 Å². The topological polar surface area (TPSA) is 90.8 Å². The van der Waals surface area contributed by atoms with Crippen molar-refractivity contribution in [2.45, 2.75) is 0 Å². The predicted molar refractivity (Wildman–Crippen MR) is 76.5 cm³/mol. The molecule has 2 N–H and O–H groups in total. The van der Waals surface area contributed by atoms with E-state index in [0.29, 0.717) is 11.3 Å². The van der Waals surface area contributed by atoms with E-state index in [9.17, 15) is 10.1 Å². The van der Waals surface area contributed by atoms with E-state index in [2.05, 4.69) is 4.99 Å². The number of nitrogens with zero attached hydrogens (tertiary/aromatic N) is 2. The lowest BCUT2D eigenvalue weighted by Crippen LogP contribution is -2.12. The minimum Gasteiger partial charge on any atom is -0.497 e. The molecule has 6 heteroatoms. The molecular formula is C14H13N3O3. The Hall–Kier alpha value is -2.89. The van der Waals surface area contributed by atoms with Crippen molar-refractivity contribution in [2.24, 2.45) is 10.7 Å². The fourth-order valence-electron chi connectivity index (χ4n) is 1.64. The number of benzene rings is 2. The van der Waals surface area contributed by atoms with Gasteiger partial charge in [0.25, 0.3) is 5.69 Å². The summed E-state index contributed by atoms with van der Waals surface area (Å²) in [4.78, 5) is 14.5. The predicted octanol–water partition coefficient (Wildman–Crippen LogP) is 2.64. The number of ether oxygens (including phenoxy) is 1. The van der Waals surface area contributed by atoms with Crippen molar-refractivity contribution >= 4 is 17.2 Å². The van der Waals surface area contributed by atoms with Crippen LogP contribution in [0.3, 0.4) is 0 Å².